The number of rotatable bonds is 5. The van der Waals surface area contributed by atoms with E-state index in [1.807, 2.05) is 0 Å². The predicted octanol–water partition coefficient (Wildman–Crippen LogP) is 1.75. The van der Waals surface area contributed by atoms with Gasteiger partial charge in [-0.25, -0.2) is 9.59 Å². The van der Waals surface area contributed by atoms with Crippen LogP contribution in [0, 0.1) is 0 Å². The summed E-state index contributed by atoms with van der Waals surface area (Å²) in [5.41, 5.74) is 0.539. The van der Waals surface area contributed by atoms with Crippen LogP contribution in [0.15, 0.2) is 22.7 Å². The van der Waals surface area contributed by atoms with E-state index in [9.17, 15) is 9.59 Å². The third-order valence-electron chi connectivity index (χ3n) is 1.79. The van der Waals surface area contributed by atoms with E-state index >= 15 is 0 Å². The molecule has 2 N–H and O–H groups in total. The molecule has 0 bridgehead atoms. The molecule has 0 unspecified atom stereocenters. The lowest BCUT2D eigenvalue weighted by Crippen LogP contribution is -2.09. The molecule has 16 heavy (non-hydrogen) atoms. The highest BCUT2D eigenvalue weighted by atomic mass is 79.9. The number of carboxylic acids is 2. The van der Waals surface area contributed by atoms with Gasteiger partial charge in [0.15, 0.2) is 0 Å². The molecule has 0 heterocycles. The summed E-state index contributed by atoms with van der Waals surface area (Å²) < 4.78 is 5.48. The summed E-state index contributed by atoms with van der Waals surface area (Å²) in [6, 6.07) is 4.70. The fourth-order valence-electron chi connectivity index (χ4n) is 1.12. The molecule has 0 aliphatic heterocycles. The Bertz CT molecular complexity index is 416. The van der Waals surface area contributed by atoms with E-state index in [0.29, 0.717) is 10.0 Å². The summed E-state index contributed by atoms with van der Waals surface area (Å²) in [4.78, 5) is 21.1. The van der Waals surface area contributed by atoms with Gasteiger partial charge in [0.25, 0.3) is 0 Å². The van der Waals surface area contributed by atoms with Crippen molar-refractivity contribution in [2.75, 3.05) is 6.61 Å². The molecule has 0 atom stereocenters. The van der Waals surface area contributed by atoms with Crippen molar-refractivity contribution >= 4 is 27.9 Å². The van der Waals surface area contributed by atoms with Crippen molar-refractivity contribution < 1.29 is 24.5 Å². The van der Waals surface area contributed by atoms with Crippen LogP contribution in [0.5, 0.6) is 0 Å². The Balaban J connectivity index is 2.78. The second kappa shape index (κ2) is 5.62. The molecule has 0 aromatic heterocycles. The molecule has 0 radical (unpaired) electrons. The van der Waals surface area contributed by atoms with Gasteiger partial charge in [0.05, 0.1) is 12.2 Å². The van der Waals surface area contributed by atoms with Gasteiger partial charge >= 0.3 is 11.9 Å². The van der Waals surface area contributed by atoms with Crippen LogP contribution in [0.4, 0.5) is 0 Å². The molecule has 0 spiro atoms. The van der Waals surface area contributed by atoms with E-state index in [2.05, 4.69) is 15.9 Å². The predicted molar refractivity (Wildman–Crippen MR) is 58.4 cm³/mol. The zero-order valence-corrected chi connectivity index (χ0v) is 9.73. The summed E-state index contributed by atoms with van der Waals surface area (Å²) in [6.07, 6.45) is 0. The first-order chi connectivity index (χ1) is 7.50. The van der Waals surface area contributed by atoms with Crippen molar-refractivity contribution in [3.8, 4) is 0 Å². The first-order valence-corrected chi connectivity index (χ1v) is 5.11. The van der Waals surface area contributed by atoms with Crippen LogP contribution >= 0.6 is 15.9 Å². The smallest absolute Gasteiger partial charge is 0.336 e. The minimum Gasteiger partial charge on any atom is -0.480 e. The lowest BCUT2D eigenvalue weighted by molar-refractivity contribution is -0.142. The molecule has 0 amide bonds. The molecule has 0 fully saturated rings. The fourth-order valence-corrected chi connectivity index (χ4v) is 1.48. The normalized spacial score (nSPS) is 10.1. The summed E-state index contributed by atoms with van der Waals surface area (Å²) in [5, 5.41) is 17.3. The van der Waals surface area contributed by atoms with Crippen molar-refractivity contribution in [1.82, 2.24) is 0 Å². The van der Waals surface area contributed by atoms with Gasteiger partial charge in [0.2, 0.25) is 0 Å². The van der Waals surface area contributed by atoms with Gasteiger partial charge < -0.3 is 14.9 Å². The van der Waals surface area contributed by atoms with Gasteiger partial charge in [-0.05, 0) is 17.7 Å². The molecular weight excluding hydrogens is 280 g/mol. The van der Waals surface area contributed by atoms with Gasteiger partial charge in [-0.1, -0.05) is 22.0 Å². The maximum atomic E-state index is 10.9. The van der Waals surface area contributed by atoms with Gasteiger partial charge in [-0.3, -0.25) is 0 Å². The highest BCUT2D eigenvalue weighted by Crippen LogP contribution is 2.17. The number of carboxylic acid groups (broad SMARTS) is 2. The molecular formula is C10H9BrO5. The molecule has 1 rings (SSSR count). The van der Waals surface area contributed by atoms with E-state index < -0.39 is 18.5 Å². The molecule has 86 valence electrons. The number of hydrogen-bond acceptors (Lipinski definition) is 3. The standard InChI is InChI=1S/C10H9BrO5/c11-7-2-1-6(4-16-5-9(12)13)8(3-7)10(14)15/h1-3H,4-5H2,(H,12,13)(H,14,15). The van der Waals surface area contributed by atoms with Gasteiger partial charge in [-0.15, -0.1) is 0 Å². The molecule has 0 saturated heterocycles. The SMILES string of the molecule is O=C(O)COCc1ccc(Br)cc1C(=O)O. The maximum absolute atomic E-state index is 10.9. The number of carbonyl (C=O) groups is 2. The van der Waals surface area contributed by atoms with Crippen LogP contribution in [0.25, 0.3) is 0 Å². The lowest BCUT2D eigenvalue weighted by Gasteiger charge is -2.06. The second-order valence-electron chi connectivity index (χ2n) is 2.99. The Kier molecular flexibility index (Phi) is 4.45. The Morgan fingerprint density at radius 3 is 2.56 bits per heavy atom. The number of ether oxygens (including phenoxy) is 1. The molecule has 1 aromatic carbocycles. The van der Waals surface area contributed by atoms with E-state index in [4.69, 9.17) is 14.9 Å². The quantitative estimate of drug-likeness (QED) is 0.862. The van der Waals surface area contributed by atoms with Crippen LogP contribution in [0.3, 0.4) is 0 Å². The van der Waals surface area contributed by atoms with Crippen molar-refractivity contribution in [3.63, 3.8) is 0 Å². The van der Waals surface area contributed by atoms with Gasteiger partial charge in [-0.2, -0.15) is 0 Å². The zero-order valence-electron chi connectivity index (χ0n) is 8.14. The Morgan fingerprint density at radius 2 is 2.00 bits per heavy atom. The summed E-state index contributed by atoms with van der Waals surface area (Å²) >= 11 is 3.16. The monoisotopic (exact) mass is 288 g/mol. The molecule has 0 aliphatic rings. The average molecular weight is 289 g/mol. The van der Waals surface area contributed by atoms with Crippen molar-refractivity contribution in [1.29, 1.82) is 0 Å². The Labute approximate surface area is 99.8 Å². The first kappa shape index (κ1) is 12.7. The van der Waals surface area contributed by atoms with E-state index in [-0.39, 0.29) is 12.2 Å². The van der Waals surface area contributed by atoms with E-state index in [1.54, 1.807) is 12.1 Å². The number of aliphatic carboxylic acids is 1. The largest absolute Gasteiger partial charge is 0.480 e. The third kappa shape index (κ3) is 3.63. The maximum Gasteiger partial charge on any atom is 0.336 e. The van der Waals surface area contributed by atoms with Crippen LogP contribution in [-0.4, -0.2) is 28.8 Å². The number of aromatic carboxylic acids is 1. The number of halogens is 1. The summed E-state index contributed by atoms with van der Waals surface area (Å²) in [7, 11) is 0. The minimum atomic E-state index is -1.09. The van der Waals surface area contributed by atoms with E-state index in [0.717, 1.165) is 0 Å². The molecule has 0 saturated carbocycles. The summed E-state index contributed by atoms with van der Waals surface area (Å²) in [5.74, 6) is -2.16. The van der Waals surface area contributed by atoms with Crippen molar-refractivity contribution in [3.05, 3.63) is 33.8 Å². The highest BCUT2D eigenvalue weighted by molar-refractivity contribution is 9.10. The molecule has 0 aliphatic carbocycles. The van der Waals surface area contributed by atoms with E-state index in [1.165, 1.54) is 6.07 Å². The van der Waals surface area contributed by atoms with Crippen molar-refractivity contribution in [2.24, 2.45) is 0 Å². The topological polar surface area (TPSA) is 83.8 Å². The Morgan fingerprint density at radius 1 is 1.31 bits per heavy atom. The number of benzene rings is 1. The Hall–Kier alpha value is -1.40. The molecule has 6 heteroatoms. The van der Waals surface area contributed by atoms with Crippen LogP contribution in [0.2, 0.25) is 0 Å². The van der Waals surface area contributed by atoms with Crippen LogP contribution in [-0.2, 0) is 16.1 Å². The minimum absolute atomic E-state index is 0.0405. The number of hydrogen-bond donors (Lipinski definition) is 2. The van der Waals surface area contributed by atoms with Crippen molar-refractivity contribution in [2.45, 2.75) is 6.61 Å². The summed E-state index contributed by atoms with van der Waals surface area (Å²) in [6.45, 7) is -0.490. The fraction of sp³-hybridized carbons (Fsp3) is 0.200. The van der Waals surface area contributed by atoms with Crippen LogP contribution in [0.1, 0.15) is 15.9 Å². The van der Waals surface area contributed by atoms with Crippen LogP contribution < -0.4 is 0 Å². The third-order valence-corrected chi connectivity index (χ3v) is 2.28. The average Bonchev–Trinajstić information content (AvgIpc) is 2.19. The second-order valence-corrected chi connectivity index (χ2v) is 3.91. The highest BCUT2D eigenvalue weighted by Gasteiger charge is 2.10. The first-order valence-electron chi connectivity index (χ1n) is 4.32. The molecule has 1 aromatic rings. The van der Waals surface area contributed by atoms with Gasteiger partial charge in [0, 0.05) is 4.47 Å². The lowest BCUT2D eigenvalue weighted by atomic mass is 10.1. The zero-order chi connectivity index (χ0) is 12.1. The molecule has 5 nitrogen and oxygen atoms in total. The van der Waals surface area contributed by atoms with Gasteiger partial charge in [0.1, 0.15) is 6.61 Å².